The van der Waals surface area contributed by atoms with Crippen LogP contribution in [0, 0.1) is 11.8 Å². The fraction of sp³-hybridized carbons (Fsp3) is 0.606. The summed E-state index contributed by atoms with van der Waals surface area (Å²) in [6.07, 6.45) is 23.3. The molecule has 0 radical (unpaired) electrons. The first-order valence-electron chi connectivity index (χ1n) is 15.0. The Balaban J connectivity index is 1.49. The van der Waals surface area contributed by atoms with E-state index in [1.54, 1.807) is 12.4 Å². The second-order valence-electron chi connectivity index (χ2n) is 10.9. The van der Waals surface area contributed by atoms with Crippen LogP contribution in [0.5, 0.6) is 11.5 Å². The van der Waals surface area contributed by atoms with Crippen LogP contribution >= 0.6 is 0 Å². The van der Waals surface area contributed by atoms with Crippen LogP contribution in [-0.2, 0) is 4.79 Å². The third-order valence-corrected chi connectivity index (χ3v) is 7.76. The summed E-state index contributed by atoms with van der Waals surface area (Å²) in [5.74, 6) is 2.34. The molecule has 5 nitrogen and oxygen atoms in total. The molecule has 1 atom stereocenters. The second kappa shape index (κ2) is 17.8. The van der Waals surface area contributed by atoms with Crippen LogP contribution in [0.4, 0.5) is 0 Å². The van der Waals surface area contributed by atoms with Crippen molar-refractivity contribution in [2.24, 2.45) is 11.8 Å². The zero-order valence-electron chi connectivity index (χ0n) is 23.5. The minimum absolute atomic E-state index is 0.273. The summed E-state index contributed by atoms with van der Waals surface area (Å²) in [7, 11) is 0. The topological polar surface area (TPSA) is 61.3 Å². The molecular weight excluding hydrogens is 472 g/mol. The van der Waals surface area contributed by atoms with Gasteiger partial charge in [0.25, 0.3) is 0 Å². The van der Waals surface area contributed by atoms with E-state index in [0.29, 0.717) is 29.8 Å². The minimum Gasteiger partial charge on any atom is -0.490 e. The lowest BCUT2D eigenvalue weighted by atomic mass is 9.76. The average molecular weight is 521 g/mol. The van der Waals surface area contributed by atoms with Gasteiger partial charge in [0.2, 0.25) is 0 Å². The fourth-order valence-corrected chi connectivity index (χ4v) is 5.53. The SMILES string of the molecule is C=CCCCCCCCCCOc1cnc(C(CC2CCC(CCC)CC2)C(=O)Oc2ccccc2)nc1. The van der Waals surface area contributed by atoms with Crippen LogP contribution in [-0.4, -0.2) is 22.5 Å². The van der Waals surface area contributed by atoms with Crippen molar-refractivity contribution >= 4 is 5.97 Å². The largest absolute Gasteiger partial charge is 0.490 e. The number of rotatable bonds is 18. The molecule has 0 saturated heterocycles. The second-order valence-corrected chi connectivity index (χ2v) is 10.9. The van der Waals surface area contributed by atoms with Crippen LogP contribution in [0.1, 0.15) is 115 Å². The van der Waals surface area contributed by atoms with Gasteiger partial charge in [-0.25, -0.2) is 9.97 Å². The summed E-state index contributed by atoms with van der Waals surface area (Å²) in [5, 5.41) is 0. The molecule has 1 aromatic heterocycles. The van der Waals surface area contributed by atoms with Crippen LogP contribution < -0.4 is 9.47 Å². The zero-order valence-corrected chi connectivity index (χ0v) is 23.5. The molecule has 0 spiro atoms. The molecule has 1 aliphatic carbocycles. The molecule has 2 aromatic rings. The van der Waals surface area contributed by atoms with Gasteiger partial charge in [0.15, 0.2) is 5.75 Å². The maximum absolute atomic E-state index is 13.3. The van der Waals surface area contributed by atoms with E-state index in [9.17, 15) is 4.79 Å². The van der Waals surface area contributed by atoms with Gasteiger partial charge in [-0.1, -0.05) is 102 Å². The van der Waals surface area contributed by atoms with E-state index < -0.39 is 5.92 Å². The molecule has 208 valence electrons. The Morgan fingerprint density at radius 1 is 0.921 bits per heavy atom. The Hall–Kier alpha value is -2.69. The van der Waals surface area contributed by atoms with E-state index >= 15 is 0 Å². The van der Waals surface area contributed by atoms with Crippen molar-refractivity contribution in [3.05, 3.63) is 61.2 Å². The van der Waals surface area contributed by atoms with Gasteiger partial charge in [-0.05, 0) is 49.7 Å². The number of unbranched alkanes of at least 4 members (excludes halogenated alkanes) is 7. The normalized spacial score (nSPS) is 18.0. The van der Waals surface area contributed by atoms with Crippen LogP contribution in [0.3, 0.4) is 0 Å². The number of benzene rings is 1. The molecule has 1 aromatic carbocycles. The number of carbonyl (C=O) groups is 1. The van der Waals surface area contributed by atoms with Crippen molar-refractivity contribution in [1.82, 2.24) is 9.97 Å². The molecule has 38 heavy (non-hydrogen) atoms. The zero-order chi connectivity index (χ0) is 26.8. The summed E-state index contributed by atoms with van der Waals surface area (Å²) in [6, 6.07) is 9.29. The van der Waals surface area contributed by atoms with E-state index in [1.807, 2.05) is 36.4 Å². The maximum Gasteiger partial charge on any atom is 0.322 e. The highest BCUT2D eigenvalue weighted by Crippen LogP contribution is 2.37. The molecule has 0 amide bonds. The van der Waals surface area contributed by atoms with Crippen molar-refractivity contribution in [1.29, 1.82) is 0 Å². The molecule has 1 aliphatic rings. The number of hydrogen-bond acceptors (Lipinski definition) is 5. The van der Waals surface area contributed by atoms with Crippen molar-refractivity contribution in [3.8, 4) is 11.5 Å². The molecule has 3 rings (SSSR count). The quantitative estimate of drug-likeness (QED) is 0.0850. The summed E-state index contributed by atoms with van der Waals surface area (Å²) < 4.78 is 11.6. The number of carbonyl (C=O) groups excluding carboxylic acids is 1. The smallest absolute Gasteiger partial charge is 0.322 e. The van der Waals surface area contributed by atoms with Crippen molar-refractivity contribution in [3.63, 3.8) is 0 Å². The van der Waals surface area contributed by atoms with Gasteiger partial charge in [-0.2, -0.15) is 0 Å². The molecule has 0 N–H and O–H groups in total. The minimum atomic E-state index is -0.469. The highest BCUT2D eigenvalue weighted by atomic mass is 16.5. The van der Waals surface area contributed by atoms with E-state index in [0.717, 1.165) is 38.0 Å². The van der Waals surface area contributed by atoms with Crippen LogP contribution in [0.15, 0.2) is 55.4 Å². The van der Waals surface area contributed by atoms with Crippen LogP contribution in [0.25, 0.3) is 0 Å². The third kappa shape index (κ3) is 11.0. The van der Waals surface area contributed by atoms with Gasteiger partial charge in [0.05, 0.1) is 19.0 Å². The van der Waals surface area contributed by atoms with Crippen LogP contribution in [0.2, 0.25) is 0 Å². The number of ether oxygens (including phenoxy) is 2. The number of aromatic nitrogens is 2. The van der Waals surface area contributed by atoms with Gasteiger partial charge in [-0.3, -0.25) is 4.79 Å². The highest BCUT2D eigenvalue weighted by molar-refractivity contribution is 5.79. The Labute approximate surface area is 230 Å². The predicted molar refractivity (Wildman–Crippen MR) is 154 cm³/mol. The third-order valence-electron chi connectivity index (χ3n) is 7.76. The van der Waals surface area contributed by atoms with Gasteiger partial charge in [0, 0.05) is 0 Å². The molecule has 1 saturated carbocycles. The fourth-order valence-electron chi connectivity index (χ4n) is 5.53. The monoisotopic (exact) mass is 520 g/mol. The Kier molecular flexibility index (Phi) is 13.9. The number of nitrogens with zero attached hydrogens (tertiary/aromatic N) is 2. The Morgan fingerprint density at radius 3 is 2.21 bits per heavy atom. The lowest BCUT2D eigenvalue weighted by Crippen LogP contribution is -2.25. The van der Waals surface area contributed by atoms with E-state index in [2.05, 4.69) is 23.5 Å². The maximum atomic E-state index is 13.3. The van der Waals surface area contributed by atoms with E-state index in [4.69, 9.17) is 9.47 Å². The van der Waals surface area contributed by atoms with Gasteiger partial charge >= 0.3 is 5.97 Å². The van der Waals surface area contributed by atoms with Gasteiger partial charge < -0.3 is 9.47 Å². The first kappa shape index (κ1) is 29.9. The molecule has 0 bridgehead atoms. The predicted octanol–water partition coefficient (Wildman–Crippen LogP) is 8.85. The molecule has 0 aliphatic heterocycles. The standard InChI is InChI=1S/C33H48N2O3/c1-3-5-6-7-8-9-10-11-15-23-37-30-25-34-32(35-26-30)31(33(36)38-29-17-13-12-14-18-29)24-28-21-19-27(16-4-2)20-22-28/h3,12-14,17-18,25-28,31H,1,4-11,15-16,19-24H2,2H3. The molecule has 5 heteroatoms. The summed E-state index contributed by atoms with van der Waals surface area (Å²) in [4.78, 5) is 22.4. The molecule has 1 heterocycles. The molecule has 1 fully saturated rings. The van der Waals surface area contributed by atoms with Gasteiger partial charge in [-0.15, -0.1) is 6.58 Å². The first-order valence-corrected chi connectivity index (χ1v) is 15.0. The Morgan fingerprint density at radius 2 is 1.55 bits per heavy atom. The Bertz CT molecular complexity index is 908. The highest BCUT2D eigenvalue weighted by Gasteiger charge is 2.31. The van der Waals surface area contributed by atoms with Crippen molar-refractivity contribution in [2.75, 3.05) is 6.61 Å². The van der Waals surface area contributed by atoms with Crippen molar-refractivity contribution in [2.45, 2.75) is 109 Å². The van der Waals surface area contributed by atoms with E-state index in [1.165, 1.54) is 64.2 Å². The van der Waals surface area contributed by atoms with Gasteiger partial charge in [0.1, 0.15) is 17.5 Å². The average Bonchev–Trinajstić information content (AvgIpc) is 2.95. The van der Waals surface area contributed by atoms with Crippen molar-refractivity contribution < 1.29 is 14.3 Å². The number of esters is 1. The first-order chi connectivity index (χ1) is 18.7. The number of allylic oxidation sites excluding steroid dienone is 1. The lowest BCUT2D eigenvalue weighted by Gasteiger charge is -2.30. The summed E-state index contributed by atoms with van der Waals surface area (Å²) >= 11 is 0. The number of para-hydroxylation sites is 1. The molecule has 1 unspecified atom stereocenters. The lowest BCUT2D eigenvalue weighted by molar-refractivity contribution is -0.136. The summed E-state index contributed by atoms with van der Waals surface area (Å²) in [5.41, 5.74) is 0. The van der Waals surface area contributed by atoms with E-state index in [-0.39, 0.29) is 5.97 Å². The number of hydrogen-bond donors (Lipinski definition) is 0. The molecular formula is C33H48N2O3. The summed E-state index contributed by atoms with van der Waals surface area (Å²) in [6.45, 7) is 6.71.